The smallest absolute Gasteiger partial charge is 0.0582 e. The van der Waals surface area contributed by atoms with Crippen molar-refractivity contribution in [2.75, 3.05) is 25.3 Å². The van der Waals surface area contributed by atoms with Crippen molar-refractivity contribution in [1.29, 1.82) is 0 Å². The van der Waals surface area contributed by atoms with Gasteiger partial charge in [-0.25, -0.2) is 5.01 Å². The Morgan fingerprint density at radius 2 is 1.71 bits per heavy atom. The first-order valence-corrected chi connectivity index (χ1v) is 7.95. The number of hydrogen-bond donors (Lipinski definition) is 1. The van der Waals surface area contributed by atoms with E-state index in [1.54, 1.807) is 11.8 Å². The van der Waals surface area contributed by atoms with E-state index in [2.05, 4.69) is 34.0 Å². The van der Waals surface area contributed by atoms with E-state index in [0.717, 1.165) is 19.0 Å². The molecule has 0 saturated carbocycles. The maximum atomic E-state index is 5.88. The van der Waals surface area contributed by atoms with Crippen LogP contribution in [0.25, 0.3) is 0 Å². The van der Waals surface area contributed by atoms with Gasteiger partial charge in [0.05, 0.1) is 12.0 Å². The number of rotatable bonds is 10. The molecule has 0 aromatic heterocycles. The molecule has 0 aromatic rings. The van der Waals surface area contributed by atoms with E-state index in [1.165, 1.54) is 12.8 Å². The lowest BCUT2D eigenvalue weighted by Crippen LogP contribution is -2.34. The predicted molar refractivity (Wildman–Crippen MR) is 77.9 cm³/mol. The highest BCUT2D eigenvalue weighted by molar-refractivity contribution is 7.98. The van der Waals surface area contributed by atoms with Crippen molar-refractivity contribution in [2.45, 2.75) is 46.6 Å². The SMILES string of the molecule is CSCN(N)CC(C)CCC(C)COC(C)C. The zero-order valence-electron chi connectivity index (χ0n) is 12.1. The average Bonchev–Trinajstić information content (AvgIpc) is 2.23. The van der Waals surface area contributed by atoms with Gasteiger partial charge in [-0.05, 0) is 44.8 Å². The number of nitrogens with two attached hydrogens (primary N) is 1. The minimum absolute atomic E-state index is 0.344. The first kappa shape index (κ1) is 17.2. The first-order chi connectivity index (χ1) is 7.95. The van der Waals surface area contributed by atoms with Crippen LogP contribution in [-0.2, 0) is 4.74 Å². The van der Waals surface area contributed by atoms with E-state index in [0.29, 0.717) is 17.9 Å². The van der Waals surface area contributed by atoms with Gasteiger partial charge < -0.3 is 4.74 Å². The van der Waals surface area contributed by atoms with Crippen LogP contribution in [0.4, 0.5) is 0 Å². The molecule has 0 fully saturated rings. The Bertz CT molecular complexity index is 179. The van der Waals surface area contributed by atoms with Crippen LogP contribution in [0, 0.1) is 11.8 Å². The topological polar surface area (TPSA) is 38.5 Å². The van der Waals surface area contributed by atoms with Gasteiger partial charge in [0, 0.05) is 13.2 Å². The largest absolute Gasteiger partial charge is 0.379 e. The molecule has 0 bridgehead atoms. The van der Waals surface area contributed by atoms with Crippen LogP contribution in [0.5, 0.6) is 0 Å². The molecule has 2 N–H and O–H groups in total. The second kappa shape index (κ2) is 10.2. The summed E-state index contributed by atoms with van der Waals surface area (Å²) in [7, 11) is 0. The van der Waals surface area contributed by atoms with Crippen LogP contribution < -0.4 is 5.84 Å². The van der Waals surface area contributed by atoms with Gasteiger partial charge in [-0.1, -0.05) is 13.8 Å². The number of hydrogen-bond acceptors (Lipinski definition) is 4. The highest BCUT2D eigenvalue weighted by Gasteiger charge is 2.10. The molecule has 2 atom stereocenters. The summed E-state index contributed by atoms with van der Waals surface area (Å²) in [5.74, 6) is 8.10. The Labute approximate surface area is 111 Å². The monoisotopic (exact) mass is 262 g/mol. The molecule has 0 spiro atoms. The number of thioether (sulfide) groups is 1. The highest BCUT2D eigenvalue weighted by atomic mass is 32.2. The van der Waals surface area contributed by atoms with E-state index in [-0.39, 0.29) is 0 Å². The third-order valence-corrected chi connectivity index (χ3v) is 3.30. The van der Waals surface area contributed by atoms with Crippen molar-refractivity contribution in [2.24, 2.45) is 17.7 Å². The lowest BCUT2D eigenvalue weighted by Gasteiger charge is -2.21. The average molecular weight is 262 g/mol. The Kier molecular flexibility index (Phi) is 10.3. The molecule has 0 rings (SSSR count). The summed E-state index contributed by atoms with van der Waals surface area (Å²) in [4.78, 5) is 0. The van der Waals surface area contributed by atoms with Crippen LogP contribution >= 0.6 is 11.8 Å². The summed E-state index contributed by atoms with van der Waals surface area (Å²) in [6, 6.07) is 0. The zero-order chi connectivity index (χ0) is 13.3. The molecule has 3 nitrogen and oxygen atoms in total. The molecule has 0 aromatic carbocycles. The second-order valence-electron chi connectivity index (χ2n) is 5.36. The van der Waals surface area contributed by atoms with Crippen LogP contribution in [0.2, 0.25) is 0 Å². The minimum Gasteiger partial charge on any atom is -0.379 e. The molecule has 0 aliphatic carbocycles. The van der Waals surface area contributed by atoms with Crippen LogP contribution in [0.1, 0.15) is 40.5 Å². The molecule has 2 unspecified atom stereocenters. The number of ether oxygens (including phenoxy) is 1. The quantitative estimate of drug-likeness (QED) is 0.373. The summed E-state index contributed by atoms with van der Waals surface area (Å²) >= 11 is 1.77. The Morgan fingerprint density at radius 3 is 2.24 bits per heavy atom. The number of nitrogens with zero attached hydrogens (tertiary/aromatic N) is 1. The van der Waals surface area contributed by atoms with Gasteiger partial charge in [0.25, 0.3) is 0 Å². The molecule has 0 radical (unpaired) electrons. The summed E-state index contributed by atoms with van der Waals surface area (Å²) in [6.45, 7) is 10.6. The van der Waals surface area contributed by atoms with E-state index in [1.807, 2.05) is 5.01 Å². The molecular weight excluding hydrogens is 232 g/mol. The molecule has 17 heavy (non-hydrogen) atoms. The van der Waals surface area contributed by atoms with Crippen LogP contribution in [-0.4, -0.2) is 36.4 Å². The molecule has 104 valence electrons. The van der Waals surface area contributed by atoms with Crippen molar-refractivity contribution in [3.05, 3.63) is 0 Å². The third kappa shape index (κ3) is 11.1. The van der Waals surface area contributed by atoms with E-state index >= 15 is 0 Å². The molecule has 4 heteroatoms. The fraction of sp³-hybridized carbons (Fsp3) is 1.00. The van der Waals surface area contributed by atoms with E-state index < -0.39 is 0 Å². The zero-order valence-corrected chi connectivity index (χ0v) is 12.9. The second-order valence-corrected chi connectivity index (χ2v) is 6.19. The van der Waals surface area contributed by atoms with Gasteiger partial charge in [-0.15, -0.1) is 11.8 Å². The van der Waals surface area contributed by atoms with Crippen LogP contribution in [0.3, 0.4) is 0 Å². The molecule has 0 aliphatic rings. The molecule has 0 heterocycles. The van der Waals surface area contributed by atoms with Crippen molar-refractivity contribution in [3.8, 4) is 0 Å². The van der Waals surface area contributed by atoms with Gasteiger partial charge in [0.2, 0.25) is 0 Å². The Morgan fingerprint density at radius 1 is 1.12 bits per heavy atom. The lowest BCUT2D eigenvalue weighted by atomic mass is 9.98. The van der Waals surface area contributed by atoms with Gasteiger partial charge >= 0.3 is 0 Å². The molecular formula is C13H30N2OS. The fourth-order valence-electron chi connectivity index (χ4n) is 1.72. The first-order valence-electron chi connectivity index (χ1n) is 6.55. The molecule has 0 saturated heterocycles. The van der Waals surface area contributed by atoms with E-state index in [9.17, 15) is 0 Å². The van der Waals surface area contributed by atoms with Gasteiger partial charge in [0.15, 0.2) is 0 Å². The highest BCUT2D eigenvalue weighted by Crippen LogP contribution is 2.14. The maximum Gasteiger partial charge on any atom is 0.0582 e. The van der Waals surface area contributed by atoms with E-state index in [4.69, 9.17) is 10.6 Å². The summed E-state index contributed by atoms with van der Waals surface area (Å²) in [5.41, 5.74) is 0. The standard InChI is InChI=1S/C13H30N2OS/c1-11(2)16-9-13(4)7-6-12(3)8-15(14)10-17-5/h11-13H,6-10,14H2,1-5H3. The Balaban J connectivity index is 3.57. The molecule has 0 aliphatic heterocycles. The van der Waals surface area contributed by atoms with Crippen molar-refractivity contribution >= 4 is 11.8 Å². The fourth-order valence-corrected chi connectivity index (χ4v) is 2.16. The lowest BCUT2D eigenvalue weighted by molar-refractivity contribution is 0.0516. The van der Waals surface area contributed by atoms with Crippen molar-refractivity contribution in [3.63, 3.8) is 0 Å². The normalized spacial score (nSPS) is 15.5. The summed E-state index contributed by atoms with van der Waals surface area (Å²) in [5, 5.41) is 1.91. The van der Waals surface area contributed by atoms with Gasteiger partial charge in [-0.2, -0.15) is 0 Å². The third-order valence-electron chi connectivity index (χ3n) is 2.71. The minimum atomic E-state index is 0.344. The predicted octanol–water partition coefficient (Wildman–Crippen LogP) is 2.96. The summed E-state index contributed by atoms with van der Waals surface area (Å²) in [6.07, 6.45) is 4.87. The van der Waals surface area contributed by atoms with Gasteiger partial charge in [-0.3, -0.25) is 5.84 Å². The van der Waals surface area contributed by atoms with Gasteiger partial charge in [0.1, 0.15) is 0 Å². The summed E-state index contributed by atoms with van der Waals surface area (Å²) < 4.78 is 5.62. The Hall–Kier alpha value is 0.230. The van der Waals surface area contributed by atoms with Crippen LogP contribution in [0.15, 0.2) is 0 Å². The van der Waals surface area contributed by atoms with Crippen molar-refractivity contribution < 1.29 is 4.74 Å². The van der Waals surface area contributed by atoms with Crippen molar-refractivity contribution in [1.82, 2.24) is 5.01 Å². The maximum absolute atomic E-state index is 5.88. The molecule has 0 amide bonds. The number of hydrazine groups is 1.